The molecule has 16 heavy (non-hydrogen) atoms. The van der Waals surface area contributed by atoms with Gasteiger partial charge in [-0.05, 0) is 36.7 Å². The number of methoxy groups -OCH3 is 1. The number of nitrogens with one attached hydrogen (secondary N) is 1. The van der Waals surface area contributed by atoms with Crippen molar-refractivity contribution >= 4 is 17.7 Å². The number of esters is 1. The van der Waals surface area contributed by atoms with Crippen molar-refractivity contribution in [2.45, 2.75) is 45.2 Å². The third-order valence-electron chi connectivity index (χ3n) is 2.50. The SMILES string of the molecule is COC(=O)C(CCSCC(C)C)NC1CC1. The highest BCUT2D eigenvalue weighted by Crippen LogP contribution is 2.21. The summed E-state index contributed by atoms with van der Waals surface area (Å²) in [7, 11) is 1.46. The van der Waals surface area contributed by atoms with Crippen molar-refractivity contribution in [1.29, 1.82) is 0 Å². The first-order chi connectivity index (χ1) is 7.63. The van der Waals surface area contributed by atoms with Crippen molar-refractivity contribution in [3.8, 4) is 0 Å². The van der Waals surface area contributed by atoms with Crippen LogP contribution in [0.25, 0.3) is 0 Å². The van der Waals surface area contributed by atoms with Crippen molar-refractivity contribution in [2.75, 3.05) is 18.6 Å². The molecule has 1 unspecified atom stereocenters. The van der Waals surface area contributed by atoms with Gasteiger partial charge < -0.3 is 10.1 Å². The summed E-state index contributed by atoms with van der Waals surface area (Å²) < 4.78 is 4.81. The highest BCUT2D eigenvalue weighted by atomic mass is 32.2. The Kier molecular flexibility index (Phi) is 6.21. The lowest BCUT2D eigenvalue weighted by Crippen LogP contribution is -2.39. The highest BCUT2D eigenvalue weighted by Gasteiger charge is 2.28. The van der Waals surface area contributed by atoms with E-state index in [-0.39, 0.29) is 12.0 Å². The molecule has 1 fully saturated rings. The van der Waals surface area contributed by atoms with E-state index in [9.17, 15) is 4.79 Å². The zero-order chi connectivity index (χ0) is 12.0. The van der Waals surface area contributed by atoms with Crippen LogP contribution in [0.15, 0.2) is 0 Å². The first-order valence-electron chi connectivity index (χ1n) is 6.05. The number of thioether (sulfide) groups is 1. The van der Waals surface area contributed by atoms with Gasteiger partial charge in [0.15, 0.2) is 0 Å². The second-order valence-electron chi connectivity index (χ2n) is 4.77. The predicted octanol–water partition coefficient (Wildman–Crippen LogP) is 2.06. The summed E-state index contributed by atoms with van der Waals surface area (Å²) in [6, 6.07) is 0.455. The summed E-state index contributed by atoms with van der Waals surface area (Å²) in [5, 5.41) is 3.34. The lowest BCUT2D eigenvalue weighted by Gasteiger charge is -2.16. The lowest BCUT2D eigenvalue weighted by atomic mass is 10.2. The molecule has 0 amide bonds. The smallest absolute Gasteiger partial charge is 0.322 e. The molecule has 94 valence electrons. The fourth-order valence-corrected chi connectivity index (χ4v) is 2.51. The molecule has 0 heterocycles. The van der Waals surface area contributed by atoms with Crippen molar-refractivity contribution in [1.82, 2.24) is 5.32 Å². The molecule has 1 atom stereocenters. The Morgan fingerprint density at radius 2 is 2.19 bits per heavy atom. The fourth-order valence-electron chi connectivity index (χ4n) is 1.47. The van der Waals surface area contributed by atoms with Gasteiger partial charge in [-0.25, -0.2) is 0 Å². The summed E-state index contributed by atoms with van der Waals surface area (Å²) in [6.45, 7) is 4.43. The van der Waals surface area contributed by atoms with Crippen LogP contribution in [0.3, 0.4) is 0 Å². The van der Waals surface area contributed by atoms with Crippen LogP contribution in [0.5, 0.6) is 0 Å². The molecule has 0 saturated heterocycles. The summed E-state index contributed by atoms with van der Waals surface area (Å²) >= 11 is 1.92. The summed E-state index contributed by atoms with van der Waals surface area (Å²) in [5.74, 6) is 2.80. The zero-order valence-electron chi connectivity index (χ0n) is 10.5. The third-order valence-corrected chi connectivity index (χ3v) is 3.93. The van der Waals surface area contributed by atoms with Crippen LogP contribution in [0, 0.1) is 5.92 Å². The van der Waals surface area contributed by atoms with E-state index in [0.717, 1.165) is 23.8 Å². The van der Waals surface area contributed by atoms with Crippen molar-refractivity contribution < 1.29 is 9.53 Å². The molecule has 0 radical (unpaired) electrons. The predicted molar refractivity (Wildman–Crippen MR) is 68.7 cm³/mol. The van der Waals surface area contributed by atoms with Gasteiger partial charge in [0, 0.05) is 6.04 Å². The normalized spacial score (nSPS) is 17.5. The average molecular weight is 245 g/mol. The molecule has 0 aromatic carbocycles. The lowest BCUT2D eigenvalue weighted by molar-refractivity contribution is -0.143. The topological polar surface area (TPSA) is 38.3 Å². The quantitative estimate of drug-likeness (QED) is 0.525. The number of hydrogen-bond donors (Lipinski definition) is 1. The molecule has 0 aromatic rings. The molecule has 0 spiro atoms. The Morgan fingerprint density at radius 3 is 2.69 bits per heavy atom. The molecular weight excluding hydrogens is 222 g/mol. The zero-order valence-corrected chi connectivity index (χ0v) is 11.3. The summed E-state index contributed by atoms with van der Waals surface area (Å²) in [4.78, 5) is 11.5. The molecule has 1 rings (SSSR count). The van der Waals surface area contributed by atoms with E-state index in [2.05, 4.69) is 19.2 Å². The van der Waals surface area contributed by atoms with E-state index < -0.39 is 0 Å². The van der Waals surface area contributed by atoms with Gasteiger partial charge in [0.2, 0.25) is 0 Å². The molecule has 4 heteroatoms. The van der Waals surface area contributed by atoms with Crippen LogP contribution in [0.1, 0.15) is 33.1 Å². The number of carbonyl (C=O) groups is 1. The summed E-state index contributed by atoms with van der Waals surface area (Å²) in [5.41, 5.74) is 0. The van der Waals surface area contributed by atoms with E-state index in [1.807, 2.05) is 11.8 Å². The van der Waals surface area contributed by atoms with E-state index >= 15 is 0 Å². The third kappa shape index (κ3) is 5.75. The standard InChI is InChI=1S/C12H23NO2S/c1-9(2)8-16-7-6-11(12(14)15-3)13-10-4-5-10/h9-11,13H,4-8H2,1-3H3. The Morgan fingerprint density at radius 1 is 1.50 bits per heavy atom. The molecule has 0 aliphatic heterocycles. The van der Waals surface area contributed by atoms with Gasteiger partial charge in [-0.2, -0.15) is 11.8 Å². The van der Waals surface area contributed by atoms with Gasteiger partial charge in [-0.1, -0.05) is 13.8 Å². The Bertz CT molecular complexity index is 217. The molecule has 1 aliphatic rings. The molecule has 1 aliphatic carbocycles. The first-order valence-corrected chi connectivity index (χ1v) is 7.20. The number of hydrogen-bond acceptors (Lipinski definition) is 4. The molecule has 3 nitrogen and oxygen atoms in total. The van der Waals surface area contributed by atoms with Crippen LogP contribution >= 0.6 is 11.8 Å². The van der Waals surface area contributed by atoms with Gasteiger partial charge in [0.25, 0.3) is 0 Å². The van der Waals surface area contributed by atoms with Crippen molar-refractivity contribution in [3.05, 3.63) is 0 Å². The molecule has 1 saturated carbocycles. The van der Waals surface area contributed by atoms with Gasteiger partial charge in [0.05, 0.1) is 7.11 Å². The van der Waals surface area contributed by atoms with Crippen LogP contribution in [0.4, 0.5) is 0 Å². The van der Waals surface area contributed by atoms with E-state index in [1.54, 1.807) is 0 Å². The summed E-state index contributed by atoms with van der Waals surface area (Å²) in [6.07, 6.45) is 3.28. The molecule has 0 aromatic heterocycles. The van der Waals surface area contributed by atoms with Crippen molar-refractivity contribution in [3.63, 3.8) is 0 Å². The van der Waals surface area contributed by atoms with Crippen LogP contribution in [-0.4, -0.2) is 36.7 Å². The maximum atomic E-state index is 11.5. The van der Waals surface area contributed by atoms with Gasteiger partial charge >= 0.3 is 5.97 Å². The maximum absolute atomic E-state index is 11.5. The maximum Gasteiger partial charge on any atom is 0.322 e. The van der Waals surface area contributed by atoms with Gasteiger partial charge in [-0.3, -0.25) is 4.79 Å². The largest absolute Gasteiger partial charge is 0.468 e. The minimum Gasteiger partial charge on any atom is -0.468 e. The molecule has 1 N–H and O–H groups in total. The monoisotopic (exact) mass is 245 g/mol. The van der Waals surface area contributed by atoms with Gasteiger partial charge in [0.1, 0.15) is 6.04 Å². The second kappa shape index (κ2) is 7.17. The molecule has 0 bridgehead atoms. The van der Waals surface area contributed by atoms with E-state index in [1.165, 1.54) is 20.0 Å². The number of carbonyl (C=O) groups excluding carboxylic acids is 1. The Hall–Kier alpha value is -0.220. The van der Waals surface area contributed by atoms with E-state index in [0.29, 0.717) is 6.04 Å². The fraction of sp³-hybridized carbons (Fsp3) is 0.917. The minimum atomic E-state index is -0.114. The number of rotatable bonds is 8. The molecular formula is C12H23NO2S. The van der Waals surface area contributed by atoms with Crippen LogP contribution < -0.4 is 5.32 Å². The van der Waals surface area contributed by atoms with Crippen LogP contribution in [0.2, 0.25) is 0 Å². The highest BCUT2D eigenvalue weighted by molar-refractivity contribution is 7.99. The first kappa shape index (κ1) is 13.8. The van der Waals surface area contributed by atoms with E-state index in [4.69, 9.17) is 4.74 Å². The Balaban J connectivity index is 2.18. The van der Waals surface area contributed by atoms with Gasteiger partial charge in [-0.15, -0.1) is 0 Å². The van der Waals surface area contributed by atoms with Crippen LogP contribution in [-0.2, 0) is 9.53 Å². The average Bonchev–Trinajstić information content (AvgIpc) is 3.05. The van der Waals surface area contributed by atoms with Crippen molar-refractivity contribution in [2.24, 2.45) is 5.92 Å². The minimum absolute atomic E-state index is 0.0998. The second-order valence-corrected chi connectivity index (χ2v) is 5.92. The number of ether oxygens (including phenoxy) is 1. The Labute approximate surface area is 103 Å².